The highest BCUT2D eigenvalue weighted by Crippen LogP contribution is 2.26. The minimum Gasteiger partial charge on any atom is -0.380 e. The largest absolute Gasteiger partial charge is 0.380 e. The Morgan fingerprint density at radius 1 is 1.41 bits per heavy atom. The molecule has 3 rings (SSSR count). The maximum atomic E-state index is 3.65. The maximum Gasteiger partial charge on any atom is 0.0429 e. The monoisotopic (exact) mass is 248 g/mol. The quantitative estimate of drug-likeness (QED) is 0.865. The van der Waals surface area contributed by atoms with Crippen LogP contribution in [0.4, 0.5) is 5.69 Å². The molecule has 0 radical (unpaired) electrons. The number of hydrogen-bond acceptors (Lipinski definition) is 3. The number of nitrogens with one attached hydrogen (secondary N) is 1. The van der Waals surface area contributed by atoms with Crippen LogP contribution in [0.3, 0.4) is 0 Å². The molecule has 0 aromatic heterocycles. The average Bonchev–Trinajstić information content (AvgIpc) is 2.74. The summed E-state index contributed by atoms with van der Waals surface area (Å²) in [5.41, 5.74) is 2.83. The predicted octanol–water partition coefficient (Wildman–Crippen LogP) is 2.46. The van der Waals surface area contributed by atoms with Gasteiger partial charge >= 0.3 is 0 Å². The second-order valence-electron chi connectivity index (χ2n) is 5.12. The first kappa shape index (κ1) is 11.4. The van der Waals surface area contributed by atoms with Crippen molar-refractivity contribution in [1.29, 1.82) is 0 Å². The summed E-state index contributed by atoms with van der Waals surface area (Å²) >= 11 is 2.09. The van der Waals surface area contributed by atoms with E-state index in [9.17, 15) is 0 Å². The van der Waals surface area contributed by atoms with Gasteiger partial charge in [0.2, 0.25) is 0 Å². The standard InChI is InChI=1S/C14H20N2S/c1-11-10-17-7-6-16(11)9-13-8-12-4-2-3-5-14(12)15-13/h2-5,11,13,15H,6-10H2,1H3. The van der Waals surface area contributed by atoms with Gasteiger partial charge in [0.05, 0.1) is 0 Å². The van der Waals surface area contributed by atoms with Crippen molar-refractivity contribution in [2.75, 3.05) is 29.9 Å². The lowest BCUT2D eigenvalue weighted by Gasteiger charge is -2.34. The Bertz CT molecular complexity index is 369. The lowest BCUT2D eigenvalue weighted by Crippen LogP contribution is -2.45. The molecule has 1 N–H and O–H groups in total. The molecule has 0 bridgehead atoms. The van der Waals surface area contributed by atoms with E-state index in [1.807, 2.05) is 0 Å². The first-order valence-electron chi connectivity index (χ1n) is 6.49. The van der Waals surface area contributed by atoms with Gasteiger partial charge in [-0.15, -0.1) is 0 Å². The van der Waals surface area contributed by atoms with E-state index in [0.29, 0.717) is 6.04 Å². The molecule has 1 aromatic rings. The van der Waals surface area contributed by atoms with E-state index in [2.05, 4.69) is 53.2 Å². The zero-order chi connectivity index (χ0) is 11.7. The summed E-state index contributed by atoms with van der Waals surface area (Å²) in [4.78, 5) is 2.64. The molecule has 2 unspecified atom stereocenters. The third kappa shape index (κ3) is 2.45. The van der Waals surface area contributed by atoms with Crippen LogP contribution < -0.4 is 5.32 Å². The van der Waals surface area contributed by atoms with Crippen LogP contribution in [0.1, 0.15) is 12.5 Å². The smallest absolute Gasteiger partial charge is 0.0429 e. The van der Waals surface area contributed by atoms with E-state index in [4.69, 9.17) is 0 Å². The summed E-state index contributed by atoms with van der Waals surface area (Å²) in [5.74, 6) is 2.59. The highest BCUT2D eigenvalue weighted by atomic mass is 32.2. The number of hydrogen-bond donors (Lipinski definition) is 1. The molecule has 92 valence electrons. The Morgan fingerprint density at radius 2 is 2.29 bits per heavy atom. The summed E-state index contributed by atoms with van der Waals surface area (Å²) < 4.78 is 0. The summed E-state index contributed by atoms with van der Waals surface area (Å²) in [6.45, 7) is 4.80. The SMILES string of the molecule is CC1CSCCN1CC1Cc2ccccc2N1. The number of nitrogens with zero attached hydrogens (tertiary/aromatic N) is 1. The number of benzene rings is 1. The van der Waals surface area contributed by atoms with E-state index in [1.165, 1.54) is 42.3 Å². The maximum absolute atomic E-state index is 3.65. The molecule has 1 saturated heterocycles. The molecule has 2 heterocycles. The second kappa shape index (κ2) is 4.91. The van der Waals surface area contributed by atoms with Crippen molar-refractivity contribution < 1.29 is 0 Å². The van der Waals surface area contributed by atoms with Crippen molar-refractivity contribution in [2.24, 2.45) is 0 Å². The lowest BCUT2D eigenvalue weighted by atomic mass is 10.1. The molecular formula is C14H20N2S. The Balaban J connectivity index is 1.61. The van der Waals surface area contributed by atoms with Crippen LogP contribution in [0.25, 0.3) is 0 Å². The highest BCUT2D eigenvalue weighted by Gasteiger charge is 2.25. The van der Waals surface area contributed by atoms with Crippen LogP contribution >= 0.6 is 11.8 Å². The Morgan fingerprint density at radius 3 is 3.12 bits per heavy atom. The average molecular weight is 248 g/mol. The minimum absolute atomic E-state index is 0.609. The Kier molecular flexibility index (Phi) is 3.30. The van der Waals surface area contributed by atoms with Crippen LogP contribution in [-0.4, -0.2) is 41.6 Å². The predicted molar refractivity (Wildman–Crippen MR) is 75.9 cm³/mol. The third-order valence-electron chi connectivity index (χ3n) is 3.80. The van der Waals surface area contributed by atoms with Gasteiger partial charge in [-0.05, 0) is 25.0 Å². The van der Waals surface area contributed by atoms with Crippen molar-refractivity contribution in [3.05, 3.63) is 29.8 Å². The number of anilines is 1. The summed E-state index contributed by atoms with van der Waals surface area (Å²) in [5, 5.41) is 3.65. The molecule has 0 spiro atoms. The van der Waals surface area contributed by atoms with Gasteiger partial charge in [-0.25, -0.2) is 0 Å². The molecule has 1 fully saturated rings. The summed E-state index contributed by atoms with van der Waals surface area (Å²) in [7, 11) is 0. The van der Waals surface area contributed by atoms with Crippen LogP contribution in [0.15, 0.2) is 24.3 Å². The second-order valence-corrected chi connectivity index (χ2v) is 6.27. The molecule has 3 heteroatoms. The fraction of sp³-hybridized carbons (Fsp3) is 0.571. The van der Waals surface area contributed by atoms with Gasteiger partial charge in [-0.2, -0.15) is 11.8 Å². The van der Waals surface area contributed by atoms with Crippen molar-refractivity contribution >= 4 is 17.4 Å². The van der Waals surface area contributed by atoms with E-state index in [1.54, 1.807) is 0 Å². The fourth-order valence-corrected chi connectivity index (χ4v) is 3.88. The topological polar surface area (TPSA) is 15.3 Å². The van der Waals surface area contributed by atoms with Crippen molar-refractivity contribution in [3.63, 3.8) is 0 Å². The van der Waals surface area contributed by atoms with Crippen LogP contribution in [-0.2, 0) is 6.42 Å². The first-order valence-corrected chi connectivity index (χ1v) is 7.64. The molecule has 2 aliphatic heterocycles. The van der Waals surface area contributed by atoms with Gasteiger partial charge in [-0.3, -0.25) is 4.90 Å². The summed E-state index contributed by atoms with van der Waals surface area (Å²) in [6, 6.07) is 10.1. The molecule has 1 aromatic carbocycles. The molecule has 0 amide bonds. The molecule has 2 atom stereocenters. The third-order valence-corrected chi connectivity index (χ3v) is 4.99. The van der Waals surface area contributed by atoms with E-state index >= 15 is 0 Å². The molecule has 2 nitrogen and oxygen atoms in total. The van der Waals surface area contributed by atoms with Crippen LogP contribution in [0, 0.1) is 0 Å². The normalized spacial score (nSPS) is 28.8. The molecule has 17 heavy (non-hydrogen) atoms. The zero-order valence-electron chi connectivity index (χ0n) is 10.4. The van der Waals surface area contributed by atoms with Gasteiger partial charge < -0.3 is 5.32 Å². The van der Waals surface area contributed by atoms with Gasteiger partial charge in [0.1, 0.15) is 0 Å². The Labute approximate surface area is 108 Å². The van der Waals surface area contributed by atoms with E-state index in [-0.39, 0.29) is 0 Å². The molecule has 0 saturated carbocycles. The summed E-state index contributed by atoms with van der Waals surface area (Å²) in [6.07, 6.45) is 1.19. The van der Waals surface area contributed by atoms with Crippen molar-refractivity contribution in [1.82, 2.24) is 4.90 Å². The van der Waals surface area contributed by atoms with Gasteiger partial charge in [0, 0.05) is 42.4 Å². The van der Waals surface area contributed by atoms with Gasteiger partial charge in [0.15, 0.2) is 0 Å². The van der Waals surface area contributed by atoms with Crippen molar-refractivity contribution in [2.45, 2.75) is 25.4 Å². The van der Waals surface area contributed by atoms with Crippen LogP contribution in [0.5, 0.6) is 0 Å². The van der Waals surface area contributed by atoms with Crippen molar-refractivity contribution in [3.8, 4) is 0 Å². The highest BCUT2D eigenvalue weighted by molar-refractivity contribution is 7.99. The zero-order valence-corrected chi connectivity index (χ0v) is 11.2. The Hall–Kier alpha value is -0.670. The number of thioether (sulfide) groups is 1. The molecule has 0 aliphatic carbocycles. The van der Waals surface area contributed by atoms with E-state index < -0.39 is 0 Å². The first-order chi connectivity index (χ1) is 8.33. The van der Waals surface area contributed by atoms with Crippen LogP contribution in [0.2, 0.25) is 0 Å². The minimum atomic E-state index is 0.609. The number of para-hydroxylation sites is 1. The fourth-order valence-electron chi connectivity index (χ4n) is 2.80. The lowest BCUT2D eigenvalue weighted by molar-refractivity contribution is 0.224. The van der Waals surface area contributed by atoms with E-state index in [0.717, 1.165) is 6.04 Å². The van der Waals surface area contributed by atoms with Gasteiger partial charge in [0.25, 0.3) is 0 Å². The molecule has 2 aliphatic rings. The number of rotatable bonds is 2. The number of fused-ring (bicyclic) bond motifs is 1. The van der Waals surface area contributed by atoms with Gasteiger partial charge in [-0.1, -0.05) is 18.2 Å². The molecular weight excluding hydrogens is 228 g/mol.